The molecule has 3 unspecified atom stereocenters. The number of carboxylic acid groups (broad SMARTS) is 3. The van der Waals surface area contributed by atoms with E-state index in [9.17, 15) is 14.4 Å². The van der Waals surface area contributed by atoms with E-state index >= 15 is 0 Å². The van der Waals surface area contributed by atoms with Gasteiger partial charge in [0.2, 0.25) is 0 Å². The molecule has 0 saturated heterocycles. The number of aliphatic carboxylic acids is 3. The van der Waals surface area contributed by atoms with Crippen molar-refractivity contribution >= 4 is 53.2 Å². The van der Waals surface area contributed by atoms with Crippen LogP contribution >= 0.6 is 35.3 Å². The molecule has 0 aliphatic heterocycles. The lowest BCUT2D eigenvalue weighted by Gasteiger charge is -2.03. The van der Waals surface area contributed by atoms with Crippen molar-refractivity contribution in [2.75, 3.05) is 35.0 Å². The van der Waals surface area contributed by atoms with Gasteiger partial charge in [-0.2, -0.15) is 35.3 Å². The summed E-state index contributed by atoms with van der Waals surface area (Å²) >= 11 is 4.48. The van der Waals surface area contributed by atoms with Crippen molar-refractivity contribution in [2.45, 2.75) is 31.5 Å². The maximum atomic E-state index is 10.2. The van der Waals surface area contributed by atoms with E-state index in [1.807, 2.05) is 6.26 Å². The van der Waals surface area contributed by atoms with Crippen LogP contribution < -0.4 is 17.2 Å². The Morgan fingerprint density at radius 3 is 1.57 bits per heavy atom. The van der Waals surface area contributed by atoms with Gasteiger partial charge in [-0.1, -0.05) is 13.0 Å². The summed E-state index contributed by atoms with van der Waals surface area (Å²) < 4.78 is 0. The molecule has 0 aromatic heterocycles. The Kier molecular flexibility index (Phi) is 25.4. The average molecular weight is 460 g/mol. The lowest BCUT2D eigenvalue weighted by molar-refractivity contribution is -0.138. The fraction of sp³-hybridized carbons (Fsp3) is 0.688. The monoisotopic (exact) mass is 459 g/mol. The van der Waals surface area contributed by atoms with Crippen LogP contribution in [0.3, 0.4) is 0 Å². The summed E-state index contributed by atoms with van der Waals surface area (Å²) in [7, 11) is 0. The molecule has 0 spiro atoms. The lowest BCUT2D eigenvalue weighted by Crippen LogP contribution is -2.32. The number of thioether (sulfide) groups is 3. The molecule has 3 atom stereocenters. The predicted molar refractivity (Wildman–Crippen MR) is 120 cm³/mol. The first-order valence-corrected chi connectivity index (χ1v) is 12.0. The molecule has 0 aromatic carbocycles. The molecular formula is C16H33N3O6S3. The molecule has 0 aliphatic rings. The first-order chi connectivity index (χ1) is 13.0. The summed E-state index contributed by atoms with van der Waals surface area (Å²) in [5.74, 6) is 0.390. The minimum Gasteiger partial charge on any atom is -0.480 e. The van der Waals surface area contributed by atoms with Crippen molar-refractivity contribution in [1.29, 1.82) is 0 Å². The van der Waals surface area contributed by atoms with Crippen molar-refractivity contribution in [3.8, 4) is 0 Å². The molecule has 0 aromatic rings. The first kappa shape index (κ1) is 31.8. The second-order valence-corrected chi connectivity index (χ2v) is 8.33. The van der Waals surface area contributed by atoms with Gasteiger partial charge in [-0.25, -0.2) is 0 Å². The number of carbonyl (C=O) groups is 3. The molecule has 0 saturated carbocycles. The van der Waals surface area contributed by atoms with Crippen LogP contribution in [0.5, 0.6) is 0 Å². The summed E-state index contributed by atoms with van der Waals surface area (Å²) in [5.41, 5.74) is 15.5. The maximum Gasteiger partial charge on any atom is 0.321 e. The molecule has 12 heteroatoms. The van der Waals surface area contributed by atoms with Crippen LogP contribution in [0, 0.1) is 0 Å². The van der Waals surface area contributed by atoms with Gasteiger partial charge in [0, 0.05) is 23.0 Å². The highest BCUT2D eigenvalue weighted by molar-refractivity contribution is 7.99. The molecule has 0 heterocycles. The zero-order valence-electron chi connectivity index (χ0n) is 16.3. The van der Waals surface area contributed by atoms with Gasteiger partial charge in [0.1, 0.15) is 18.1 Å². The number of nitrogens with two attached hydrogens (primary N) is 3. The van der Waals surface area contributed by atoms with Gasteiger partial charge < -0.3 is 32.5 Å². The number of rotatable bonds is 13. The van der Waals surface area contributed by atoms with Crippen LogP contribution in [0.2, 0.25) is 0 Å². The summed E-state index contributed by atoms with van der Waals surface area (Å²) in [5, 5.41) is 24.8. The molecule has 0 rings (SSSR count). The Morgan fingerprint density at radius 2 is 1.29 bits per heavy atom. The Balaban J connectivity index is -0.000000337. The SMILES string of the molecule is C=CCSCC(N)C(=O)O.CCCSCC(N)C(=O)O.CSCC(N)C(=O)O. The molecular weight excluding hydrogens is 426 g/mol. The molecule has 166 valence electrons. The Bertz CT molecular complexity index is 444. The largest absolute Gasteiger partial charge is 0.480 e. The first-order valence-electron chi connectivity index (χ1n) is 8.25. The molecule has 9 nitrogen and oxygen atoms in total. The van der Waals surface area contributed by atoms with E-state index in [0.717, 1.165) is 17.9 Å². The van der Waals surface area contributed by atoms with Gasteiger partial charge in [0.05, 0.1) is 0 Å². The zero-order chi connectivity index (χ0) is 22.5. The molecule has 0 bridgehead atoms. The number of carboxylic acids is 3. The van der Waals surface area contributed by atoms with Gasteiger partial charge in [-0.05, 0) is 18.4 Å². The second kappa shape index (κ2) is 22.4. The third kappa shape index (κ3) is 25.1. The number of hydrogen-bond donors (Lipinski definition) is 6. The lowest BCUT2D eigenvalue weighted by atomic mass is 10.4. The van der Waals surface area contributed by atoms with Gasteiger partial charge in [-0.3, -0.25) is 14.4 Å². The van der Waals surface area contributed by atoms with E-state index in [2.05, 4.69) is 13.5 Å². The van der Waals surface area contributed by atoms with E-state index in [4.69, 9.17) is 32.5 Å². The van der Waals surface area contributed by atoms with Crippen molar-refractivity contribution < 1.29 is 29.7 Å². The minimum atomic E-state index is -0.948. The third-order valence-electron chi connectivity index (χ3n) is 2.48. The van der Waals surface area contributed by atoms with Crippen molar-refractivity contribution in [2.24, 2.45) is 17.2 Å². The predicted octanol–water partition coefficient (Wildman–Crippen LogP) is 0.620. The Labute approximate surface area is 179 Å². The highest BCUT2D eigenvalue weighted by Gasteiger charge is 2.10. The van der Waals surface area contributed by atoms with Crippen molar-refractivity contribution in [3.63, 3.8) is 0 Å². The van der Waals surface area contributed by atoms with Gasteiger partial charge >= 0.3 is 17.9 Å². The Hall–Kier alpha value is -0.920. The van der Waals surface area contributed by atoms with Crippen LogP contribution in [0.15, 0.2) is 12.7 Å². The van der Waals surface area contributed by atoms with Crippen LogP contribution in [-0.2, 0) is 14.4 Å². The average Bonchev–Trinajstić information content (AvgIpc) is 2.63. The number of hydrogen-bond acceptors (Lipinski definition) is 9. The standard InChI is InChI=1S/C6H13NO2S.C6H11NO2S.C4H9NO2S/c2*1-2-3-10-4-5(7)6(8)9;1-8-2-3(5)4(6)7/h5H,2-4,7H2,1H3,(H,8,9);2,5H,1,3-4,7H2,(H,8,9);3H,2,5H2,1H3,(H,6,7). The van der Waals surface area contributed by atoms with E-state index in [1.165, 1.54) is 23.5 Å². The summed E-state index contributed by atoms with van der Waals surface area (Å²) in [6.45, 7) is 5.55. The molecule has 0 fully saturated rings. The van der Waals surface area contributed by atoms with E-state index in [1.54, 1.807) is 17.8 Å². The Morgan fingerprint density at radius 1 is 0.893 bits per heavy atom. The zero-order valence-corrected chi connectivity index (χ0v) is 18.7. The normalized spacial score (nSPS) is 12.9. The molecule has 9 N–H and O–H groups in total. The van der Waals surface area contributed by atoms with Crippen LogP contribution in [0.4, 0.5) is 0 Å². The summed E-state index contributed by atoms with van der Waals surface area (Å²) in [6, 6.07) is -2.15. The maximum absolute atomic E-state index is 10.2. The van der Waals surface area contributed by atoms with E-state index < -0.39 is 36.0 Å². The molecule has 28 heavy (non-hydrogen) atoms. The fourth-order valence-corrected chi connectivity index (χ4v) is 3.08. The quantitative estimate of drug-likeness (QED) is 0.166. The van der Waals surface area contributed by atoms with Crippen LogP contribution in [0.1, 0.15) is 13.3 Å². The molecule has 0 aliphatic carbocycles. The van der Waals surface area contributed by atoms with Crippen molar-refractivity contribution in [3.05, 3.63) is 12.7 Å². The smallest absolute Gasteiger partial charge is 0.321 e. The van der Waals surface area contributed by atoms with Crippen molar-refractivity contribution in [1.82, 2.24) is 0 Å². The molecule has 0 amide bonds. The highest BCUT2D eigenvalue weighted by Crippen LogP contribution is 2.03. The topological polar surface area (TPSA) is 190 Å². The van der Waals surface area contributed by atoms with E-state index in [-0.39, 0.29) is 0 Å². The highest BCUT2D eigenvalue weighted by atomic mass is 32.2. The minimum absolute atomic E-state index is 0.446. The van der Waals surface area contributed by atoms with E-state index in [0.29, 0.717) is 17.3 Å². The molecule has 0 radical (unpaired) electrons. The summed E-state index contributed by atoms with van der Waals surface area (Å²) in [6.07, 6.45) is 4.61. The van der Waals surface area contributed by atoms with Crippen LogP contribution in [0.25, 0.3) is 0 Å². The summed E-state index contributed by atoms with van der Waals surface area (Å²) in [4.78, 5) is 30.2. The second-order valence-electron chi connectivity index (χ2n) is 5.19. The van der Waals surface area contributed by atoms with Gasteiger partial charge in [-0.15, -0.1) is 6.58 Å². The third-order valence-corrected chi connectivity index (χ3v) is 5.53. The van der Waals surface area contributed by atoms with Gasteiger partial charge in [0.15, 0.2) is 0 Å². The van der Waals surface area contributed by atoms with Crippen LogP contribution in [-0.4, -0.2) is 86.4 Å². The van der Waals surface area contributed by atoms with Gasteiger partial charge in [0.25, 0.3) is 0 Å². The fourth-order valence-electron chi connectivity index (χ4n) is 1.03.